The van der Waals surface area contributed by atoms with Crippen LogP contribution in [0.1, 0.15) is 30.6 Å². The van der Waals surface area contributed by atoms with Crippen molar-refractivity contribution in [1.29, 1.82) is 0 Å². The van der Waals surface area contributed by atoms with Crippen LogP contribution < -0.4 is 10.6 Å². The molecular weight excluding hydrogens is 232 g/mol. The smallest absolute Gasteiger partial charge is 0.335 e. The minimum atomic E-state index is -0.946. The number of carboxylic acid groups (broad SMARTS) is 1. The van der Waals surface area contributed by atoms with E-state index in [1.165, 1.54) is 12.1 Å². The third-order valence-electron chi connectivity index (χ3n) is 2.26. The van der Waals surface area contributed by atoms with Crippen LogP contribution in [0.2, 0.25) is 0 Å². The van der Waals surface area contributed by atoms with Gasteiger partial charge in [-0.05, 0) is 38.1 Å². The number of carboxylic acids is 1. The summed E-state index contributed by atoms with van der Waals surface area (Å²) in [6.45, 7) is 4.34. The van der Waals surface area contributed by atoms with Gasteiger partial charge in [0.05, 0.1) is 5.56 Å². The molecule has 0 spiro atoms. The van der Waals surface area contributed by atoms with E-state index in [9.17, 15) is 9.59 Å². The molecule has 0 bridgehead atoms. The van der Waals surface area contributed by atoms with Crippen LogP contribution in [0.15, 0.2) is 24.3 Å². The van der Waals surface area contributed by atoms with Gasteiger partial charge in [0, 0.05) is 24.7 Å². The summed E-state index contributed by atoms with van der Waals surface area (Å²) in [5.41, 5.74) is 1.05. The Morgan fingerprint density at radius 1 is 1.22 bits per heavy atom. The van der Waals surface area contributed by atoms with Crippen LogP contribution >= 0.6 is 0 Å². The molecule has 0 radical (unpaired) electrons. The summed E-state index contributed by atoms with van der Waals surface area (Å²) < 4.78 is 0. The highest BCUT2D eigenvalue weighted by molar-refractivity contribution is 5.88. The molecule has 1 amide bonds. The molecule has 0 atom stereocenters. The Morgan fingerprint density at radius 2 is 1.83 bits per heavy atom. The molecule has 3 N–H and O–H groups in total. The van der Waals surface area contributed by atoms with Crippen LogP contribution in [-0.4, -0.2) is 29.6 Å². The summed E-state index contributed by atoms with van der Waals surface area (Å²) in [4.78, 5) is 22.0. The molecule has 0 aliphatic rings. The van der Waals surface area contributed by atoms with Gasteiger partial charge in [0.2, 0.25) is 5.91 Å². The highest BCUT2D eigenvalue weighted by Gasteiger charge is 2.03. The van der Waals surface area contributed by atoms with Crippen molar-refractivity contribution >= 4 is 17.6 Å². The van der Waals surface area contributed by atoms with Crippen molar-refractivity contribution in [2.24, 2.45) is 0 Å². The summed E-state index contributed by atoms with van der Waals surface area (Å²) in [6.07, 6.45) is 0.388. The molecule has 0 saturated carbocycles. The number of nitrogens with one attached hydrogen (secondary N) is 2. The summed E-state index contributed by atoms with van der Waals surface area (Å²) in [5.74, 6) is -0.947. The summed E-state index contributed by atoms with van der Waals surface area (Å²) in [5, 5.41) is 14.6. The average Bonchev–Trinajstić information content (AvgIpc) is 2.28. The van der Waals surface area contributed by atoms with E-state index in [0.717, 1.165) is 5.69 Å². The van der Waals surface area contributed by atoms with Gasteiger partial charge in [-0.1, -0.05) is 0 Å². The highest BCUT2D eigenvalue weighted by Crippen LogP contribution is 2.09. The quantitative estimate of drug-likeness (QED) is 0.718. The highest BCUT2D eigenvalue weighted by atomic mass is 16.4. The molecule has 0 aromatic heterocycles. The molecule has 0 fully saturated rings. The Hall–Kier alpha value is -2.04. The number of carbonyl (C=O) groups excluding carboxylic acids is 1. The second kappa shape index (κ2) is 6.64. The first-order valence-electron chi connectivity index (χ1n) is 5.85. The zero-order valence-corrected chi connectivity index (χ0v) is 10.6. The van der Waals surface area contributed by atoms with E-state index in [1.54, 1.807) is 12.1 Å². The maximum absolute atomic E-state index is 11.4. The molecule has 0 heterocycles. The van der Waals surface area contributed by atoms with Crippen molar-refractivity contribution in [3.05, 3.63) is 29.8 Å². The van der Waals surface area contributed by atoms with Crippen LogP contribution in [0.3, 0.4) is 0 Å². The lowest BCUT2D eigenvalue weighted by atomic mass is 10.2. The van der Waals surface area contributed by atoms with Gasteiger partial charge >= 0.3 is 5.97 Å². The second-order valence-corrected chi connectivity index (χ2v) is 4.28. The fourth-order valence-electron chi connectivity index (χ4n) is 1.45. The van der Waals surface area contributed by atoms with Crippen molar-refractivity contribution < 1.29 is 14.7 Å². The van der Waals surface area contributed by atoms with Gasteiger partial charge in [0.1, 0.15) is 0 Å². The first-order valence-corrected chi connectivity index (χ1v) is 5.85. The molecule has 1 aromatic carbocycles. The summed E-state index contributed by atoms with van der Waals surface area (Å²) >= 11 is 0. The van der Waals surface area contributed by atoms with E-state index >= 15 is 0 Å². The van der Waals surface area contributed by atoms with E-state index in [4.69, 9.17) is 5.11 Å². The Labute approximate surface area is 106 Å². The first-order chi connectivity index (χ1) is 8.49. The van der Waals surface area contributed by atoms with E-state index < -0.39 is 5.97 Å². The average molecular weight is 250 g/mol. The molecule has 5 nitrogen and oxygen atoms in total. The van der Waals surface area contributed by atoms with Gasteiger partial charge in [-0.3, -0.25) is 4.79 Å². The number of aromatic carboxylic acids is 1. The third kappa shape index (κ3) is 4.86. The minimum absolute atomic E-state index is 0.000318. The molecule has 18 heavy (non-hydrogen) atoms. The molecule has 0 unspecified atom stereocenters. The SMILES string of the molecule is CC(C)NC(=O)CCNc1ccc(C(=O)O)cc1. The topological polar surface area (TPSA) is 78.4 Å². The zero-order chi connectivity index (χ0) is 13.5. The van der Waals surface area contributed by atoms with Gasteiger partial charge in [0.25, 0.3) is 0 Å². The predicted molar refractivity (Wildman–Crippen MR) is 69.8 cm³/mol. The Bertz CT molecular complexity index is 413. The Kier molecular flexibility index (Phi) is 5.17. The van der Waals surface area contributed by atoms with E-state index in [0.29, 0.717) is 13.0 Å². The van der Waals surface area contributed by atoms with Crippen molar-refractivity contribution in [2.45, 2.75) is 26.3 Å². The van der Waals surface area contributed by atoms with Crippen LogP contribution in [-0.2, 0) is 4.79 Å². The second-order valence-electron chi connectivity index (χ2n) is 4.28. The van der Waals surface area contributed by atoms with Crippen LogP contribution in [0.5, 0.6) is 0 Å². The van der Waals surface area contributed by atoms with E-state index in [1.807, 2.05) is 13.8 Å². The van der Waals surface area contributed by atoms with Gasteiger partial charge in [-0.25, -0.2) is 4.79 Å². The molecule has 0 saturated heterocycles. The number of amides is 1. The number of carbonyl (C=O) groups is 2. The predicted octanol–water partition coefficient (Wildman–Crippen LogP) is 1.71. The van der Waals surface area contributed by atoms with Crippen molar-refractivity contribution in [1.82, 2.24) is 5.32 Å². The van der Waals surface area contributed by atoms with Crippen LogP contribution in [0, 0.1) is 0 Å². The van der Waals surface area contributed by atoms with Crippen molar-refractivity contribution in [3.63, 3.8) is 0 Å². The molecule has 1 aromatic rings. The molecule has 5 heteroatoms. The Balaban J connectivity index is 2.35. The van der Waals surface area contributed by atoms with Crippen LogP contribution in [0.4, 0.5) is 5.69 Å². The van der Waals surface area contributed by atoms with E-state index in [-0.39, 0.29) is 17.5 Å². The molecule has 0 aliphatic heterocycles. The number of rotatable bonds is 6. The number of hydrogen-bond acceptors (Lipinski definition) is 3. The Morgan fingerprint density at radius 3 is 2.33 bits per heavy atom. The fraction of sp³-hybridized carbons (Fsp3) is 0.385. The van der Waals surface area contributed by atoms with Gasteiger partial charge in [0.15, 0.2) is 0 Å². The molecule has 98 valence electrons. The minimum Gasteiger partial charge on any atom is -0.478 e. The standard InChI is InChI=1S/C13H18N2O3/c1-9(2)15-12(16)7-8-14-11-5-3-10(4-6-11)13(17)18/h3-6,9,14H,7-8H2,1-2H3,(H,15,16)(H,17,18). The molecule has 0 aliphatic carbocycles. The van der Waals surface area contributed by atoms with Gasteiger partial charge < -0.3 is 15.7 Å². The van der Waals surface area contributed by atoms with Crippen molar-refractivity contribution in [2.75, 3.05) is 11.9 Å². The summed E-state index contributed by atoms with van der Waals surface area (Å²) in [7, 11) is 0. The first kappa shape index (κ1) is 14.0. The zero-order valence-electron chi connectivity index (χ0n) is 10.6. The molecule has 1 rings (SSSR count). The van der Waals surface area contributed by atoms with Gasteiger partial charge in [-0.15, -0.1) is 0 Å². The number of hydrogen-bond donors (Lipinski definition) is 3. The lowest BCUT2D eigenvalue weighted by molar-refractivity contribution is -0.121. The maximum Gasteiger partial charge on any atom is 0.335 e. The third-order valence-corrected chi connectivity index (χ3v) is 2.26. The summed E-state index contributed by atoms with van der Waals surface area (Å²) in [6, 6.07) is 6.57. The number of benzene rings is 1. The fourth-order valence-corrected chi connectivity index (χ4v) is 1.45. The number of anilines is 1. The van der Waals surface area contributed by atoms with Crippen molar-refractivity contribution in [3.8, 4) is 0 Å². The largest absolute Gasteiger partial charge is 0.478 e. The maximum atomic E-state index is 11.4. The molecular formula is C13H18N2O3. The van der Waals surface area contributed by atoms with Gasteiger partial charge in [-0.2, -0.15) is 0 Å². The normalized spacial score (nSPS) is 10.2. The van der Waals surface area contributed by atoms with Crippen LogP contribution in [0.25, 0.3) is 0 Å². The van der Waals surface area contributed by atoms with E-state index in [2.05, 4.69) is 10.6 Å². The lowest BCUT2D eigenvalue weighted by Crippen LogP contribution is -2.31. The lowest BCUT2D eigenvalue weighted by Gasteiger charge is -2.09. The monoisotopic (exact) mass is 250 g/mol.